The lowest BCUT2D eigenvalue weighted by Crippen LogP contribution is -2.36. The number of hydrogen-bond acceptors (Lipinski definition) is 7. The summed E-state index contributed by atoms with van der Waals surface area (Å²) in [6.07, 6.45) is -0.103. The molecule has 0 radical (unpaired) electrons. The fraction of sp³-hybridized carbons (Fsp3) is 0.692. The lowest BCUT2D eigenvalue weighted by atomic mass is 9.98. The van der Waals surface area contributed by atoms with Crippen molar-refractivity contribution < 1.29 is 28.6 Å². The van der Waals surface area contributed by atoms with Crippen molar-refractivity contribution in [2.75, 3.05) is 13.2 Å². The predicted octanol–water partition coefficient (Wildman–Crippen LogP) is 0.853. The Hall–Kier alpha value is -1.92. The van der Waals surface area contributed by atoms with Crippen LogP contribution in [0.5, 0.6) is 0 Å². The summed E-state index contributed by atoms with van der Waals surface area (Å²) in [5.41, 5.74) is -1.04. The molecule has 0 spiro atoms. The van der Waals surface area contributed by atoms with Crippen LogP contribution in [-0.2, 0) is 28.6 Å². The number of rotatable bonds is 6. The smallest absolute Gasteiger partial charge is 0.354 e. The van der Waals surface area contributed by atoms with Crippen LogP contribution in [0.4, 0.5) is 0 Å². The van der Waals surface area contributed by atoms with Gasteiger partial charge in [0.15, 0.2) is 5.92 Å². The minimum atomic E-state index is -1.24. The summed E-state index contributed by atoms with van der Waals surface area (Å²) in [4.78, 5) is 39.1. The molecule has 0 aromatic rings. The highest BCUT2D eigenvalue weighted by Gasteiger charge is 2.43. The normalized spacial score (nSPS) is 21.4. The first-order chi connectivity index (χ1) is 9.33. The molecule has 1 aliphatic heterocycles. The Morgan fingerprint density at radius 1 is 1.25 bits per heavy atom. The van der Waals surface area contributed by atoms with Gasteiger partial charge in [-0.15, -0.1) is 0 Å². The van der Waals surface area contributed by atoms with Crippen LogP contribution in [0.15, 0.2) is 4.99 Å². The average molecular weight is 285 g/mol. The average Bonchev–Trinajstić information content (AvgIpc) is 2.61. The van der Waals surface area contributed by atoms with Gasteiger partial charge in [-0.1, -0.05) is 0 Å². The van der Waals surface area contributed by atoms with E-state index >= 15 is 0 Å². The van der Waals surface area contributed by atoms with E-state index < -0.39 is 29.6 Å². The molecular formula is C13H19NO6. The molecule has 0 aliphatic carbocycles. The molecule has 7 heteroatoms. The lowest BCUT2D eigenvalue weighted by molar-refractivity contribution is -0.167. The molecule has 112 valence electrons. The maximum Gasteiger partial charge on any atom is 0.354 e. The molecule has 1 aliphatic rings. The zero-order chi connectivity index (χ0) is 15.3. The third-order valence-corrected chi connectivity index (χ3v) is 2.74. The summed E-state index contributed by atoms with van der Waals surface area (Å²) >= 11 is 0. The molecule has 0 amide bonds. The van der Waals surface area contributed by atoms with E-state index in [9.17, 15) is 14.4 Å². The van der Waals surface area contributed by atoms with Gasteiger partial charge in [-0.3, -0.25) is 9.59 Å². The molecule has 0 saturated carbocycles. The number of nitrogens with zero attached hydrogens (tertiary/aromatic N) is 1. The van der Waals surface area contributed by atoms with Gasteiger partial charge in [0.2, 0.25) is 5.72 Å². The molecule has 0 fully saturated rings. The largest absolute Gasteiger partial charge is 0.465 e. The Bertz CT molecular complexity index is 426. The first-order valence-electron chi connectivity index (χ1n) is 6.46. The molecule has 7 nitrogen and oxygen atoms in total. The van der Waals surface area contributed by atoms with Crippen molar-refractivity contribution in [2.24, 2.45) is 10.9 Å². The quantitative estimate of drug-likeness (QED) is 0.408. The van der Waals surface area contributed by atoms with Crippen molar-refractivity contribution in [3.05, 3.63) is 0 Å². The van der Waals surface area contributed by atoms with Crippen molar-refractivity contribution in [3.63, 3.8) is 0 Å². The second-order valence-electron chi connectivity index (χ2n) is 4.52. The highest BCUT2D eigenvalue weighted by molar-refractivity contribution is 6.36. The Balaban J connectivity index is 2.87. The minimum absolute atomic E-state index is 0.103. The predicted molar refractivity (Wildman–Crippen MR) is 69.0 cm³/mol. The monoisotopic (exact) mass is 285 g/mol. The highest BCUT2D eigenvalue weighted by atomic mass is 16.6. The summed E-state index contributed by atoms with van der Waals surface area (Å²) in [7, 11) is 0. The number of ether oxygens (including phenoxy) is 3. The standard InChI is InChI=1S/C13H19NO6/c1-5-18-11(16)9(12(17)19-6-2)7-13(4)14-8(3)10(15)20-13/h9H,5-7H2,1-4H3. The van der Waals surface area contributed by atoms with Gasteiger partial charge in [-0.05, 0) is 27.7 Å². The molecule has 1 rings (SSSR count). The minimum Gasteiger partial charge on any atom is -0.465 e. The summed E-state index contributed by atoms with van der Waals surface area (Å²) in [5.74, 6) is -3.13. The molecule has 1 heterocycles. The van der Waals surface area contributed by atoms with Crippen molar-refractivity contribution in [3.8, 4) is 0 Å². The second-order valence-corrected chi connectivity index (χ2v) is 4.52. The highest BCUT2D eigenvalue weighted by Crippen LogP contribution is 2.29. The molecule has 0 saturated heterocycles. The van der Waals surface area contributed by atoms with Crippen molar-refractivity contribution >= 4 is 23.6 Å². The maximum absolute atomic E-state index is 11.8. The molecule has 1 atom stereocenters. The van der Waals surface area contributed by atoms with Crippen LogP contribution < -0.4 is 0 Å². The Morgan fingerprint density at radius 2 is 1.75 bits per heavy atom. The summed E-state index contributed by atoms with van der Waals surface area (Å²) < 4.78 is 14.8. The topological polar surface area (TPSA) is 91.3 Å². The third-order valence-electron chi connectivity index (χ3n) is 2.74. The molecular weight excluding hydrogens is 266 g/mol. The Kier molecular flexibility index (Phi) is 5.24. The number of hydrogen-bond donors (Lipinski definition) is 0. The van der Waals surface area contributed by atoms with E-state index in [1.807, 2.05) is 0 Å². The Morgan fingerprint density at radius 3 is 2.10 bits per heavy atom. The fourth-order valence-corrected chi connectivity index (χ4v) is 1.91. The van der Waals surface area contributed by atoms with Crippen molar-refractivity contribution in [2.45, 2.75) is 39.8 Å². The van der Waals surface area contributed by atoms with Crippen LogP contribution in [0.2, 0.25) is 0 Å². The Labute approximate surface area is 117 Å². The summed E-state index contributed by atoms with van der Waals surface area (Å²) in [5, 5.41) is 0. The van der Waals surface area contributed by atoms with E-state index in [1.165, 1.54) is 13.8 Å². The van der Waals surface area contributed by atoms with E-state index in [4.69, 9.17) is 14.2 Å². The number of cyclic esters (lactones) is 1. The van der Waals surface area contributed by atoms with Crippen LogP contribution in [0.25, 0.3) is 0 Å². The zero-order valence-corrected chi connectivity index (χ0v) is 12.1. The number of carbonyl (C=O) groups excluding carboxylic acids is 3. The SMILES string of the molecule is CCOC(=O)C(CC1(C)N=C(C)C(=O)O1)C(=O)OCC. The van der Waals surface area contributed by atoms with Gasteiger partial charge < -0.3 is 14.2 Å². The number of carbonyl (C=O) groups is 3. The van der Waals surface area contributed by atoms with Crippen LogP contribution in [0.1, 0.15) is 34.1 Å². The molecule has 20 heavy (non-hydrogen) atoms. The second kappa shape index (κ2) is 6.49. The van der Waals surface area contributed by atoms with Gasteiger partial charge in [-0.2, -0.15) is 0 Å². The van der Waals surface area contributed by atoms with E-state index in [1.54, 1.807) is 13.8 Å². The molecule has 0 aromatic carbocycles. The van der Waals surface area contributed by atoms with Gasteiger partial charge in [0.05, 0.1) is 13.2 Å². The van der Waals surface area contributed by atoms with Crippen molar-refractivity contribution in [1.29, 1.82) is 0 Å². The van der Waals surface area contributed by atoms with Gasteiger partial charge in [0.1, 0.15) is 5.71 Å². The van der Waals surface area contributed by atoms with Gasteiger partial charge >= 0.3 is 17.9 Å². The van der Waals surface area contributed by atoms with Crippen LogP contribution in [-0.4, -0.2) is 42.6 Å². The molecule has 0 aromatic heterocycles. The van der Waals surface area contributed by atoms with Crippen LogP contribution in [0, 0.1) is 5.92 Å². The summed E-state index contributed by atoms with van der Waals surface area (Å²) in [6, 6.07) is 0. The van der Waals surface area contributed by atoms with Crippen molar-refractivity contribution in [1.82, 2.24) is 0 Å². The van der Waals surface area contributed by atoms with Crippen LogP contribution in [0.3, 0.4) is 0 Å². The lowest BCUT2D eigenvalue weighted by Gasteiger charge is -2.23. The first kappa shape index (κ1) is 16.1. The first-order valence-corrected chi connectivity index (χ1v) is 6.46. The molecule has 0 bridgehead atoms. The number of aliphatic imine (C=N–C) groups is 1. The fourth-order valence-electron chi connectivity index (χ4n) is 1.91. The van der Waals surface area contributed by atoms with Crippen LogP contribution >= 0.6 is 0 Å². The third kappa shape index (κ3) is 3.79. The van der Waals surface area contributed by atoms with E-state index in [0.29, 0.717) is 0 Å². The van der Waals surface area contributed by atoms with Gasteiger partial charge in [0, 0.05) is 6.42 Å². The molecule has 0 N–H and O–H groups in total. The van der Waals surface area contributed by atoms with E-state index in [0.717, 1.165) is 0 Å². The number of esters is 3. The van der Waals surface area contributed by atoms with Gasteiger partial charge in [-0.25, -0.2) is 9.79 Å². The maximum atomic E-state index is 11.8. The van der Waals surface area contributed by atoms with Gasteiger partial charge in [0.25, 0.3) is 0 Å². The zero-order valence-electron chi connectivity index (χ0n) is 12.1. The molecule has 1 unspecified atom stereocenters. The van der Waals surface area contributed by atoms with E-state index in [-0.39, 0.29) is 25.3 Å². The van der Waals surface area contributed by atoms with E-state index in [2.05, 4.69) is 4.99 Å². The summed E-state index contributed by atoms with van der Waals surface area (Å²) in [6.45, 7) is 6.62.